The lowest BCUT2D eigenvalue weighted by Gasteiger charge is -2.09. The molecule has 3 aromatic rings. The zero-order chi connectivity index (χ0) is 13.2. The topological polar surface area (TPSA) is 83.8 Å². The number of thiazole rings is 1. The quantitative estimate of drug-likeness (QED) is 0.638. The summed E-state index contributed by atoms with van der Waals surface area (Å²) < 4.78 is 0. The summed E-state index contributed by atoms with van der Waals surface area (Å²) in [5.74, 6) is 0. The van der Waals surface area contributed by atoms with E-state index < -0.39 is 0 Å². The number of nitrogens with zero attached hydrogens (tertiary/aromatic N) is 1. The van der Waals surface area contributed by atoms with Crippen molar-refractivity contribution in [1.29, 1.82) is 0 Å². The maximum atomic E-state index is 11.1. The highest BCUT2D eigenvalue weighted by atomic mass is 32.1. The fourth-order valence-electron chi connectivity index (χ4n) is 1.94. The highest BCUT2D eigenvalue weighted by molar-refractivity contribution is 7.07. The predicted octanol–water partition coefficient (Wildman–Crippen LogP) is 2.18. The van der Waals surface area contributed by atoms with Gasteiger partial charge in [0.25, 0.3) is 0 Å². The molecule has 0 fully saturated rings. The first-order chi connectivity index (χ1) is 9.24. The number of fused-ring (bicyclic) bond motifs is 1. The van der Waals surface area contributed by atoms with Crippen LogP contribution < -0.4 is 15.9 Å². The van der Waals surface area contributed by atoms with Crippen LogP contribution in [0.5, 0.6) is 0 Å². The van der Waals surface area contributed by atoms with Gasteiger partial charge in [0.2, 0.25) is 0 Å². The van der Waals surface area contributed by atoms with Crippen molar-refractivity contribution in [1.82, 2.24) is 9.97 Å². The molecule has 0 bridgehead atoms. The molecule has 0 atom stereocenters. The number of H-pyrrole nitrogens is 1. The Morgan fingerprint density at radius 2 is 2.26 bits per heavy atom. The van der Waals surface area contributed by atoms with E-state index in [1.807, 2.05) is 29.6 Å². The third-order valence-corrected chi connectivity index (χ3v) is 3.56. The van der Waals surface area contributed by atoms with Crippen LogP contribution in [0.25, 0.3) is 10.9 Å². The fraction of sp³-hybridized carbons (Fsp3) is 0.0769. The lowest BCUT2D eigenvalue weighted by atomic mass is 10.1. The molecule has 19 heavy (non-hydrogen) atoms. The van der Waals surface area contributed by atoms with Crippen LogP contribution in [-0.2, 0) is 6.54 Å². The second-order valence-corrected chi connectivity index (χ2v) is 4.97. The molecule has 0 amide bonds. The van der Waals surface area contributed by atoms with E-state index in [0.29, 0.717) is 12.2 Å². The number of pyridine rings is 1. The molecule has 0 aliphatic rings. The summed E-state index contributed by atoms with van der Waals surface area (Å²) in [6.07, 6.45) is 1.72. The molecule has 0 aliphatic carbocycles. The molecule has 0 spiro atoms. The number of anilines is 2. The number of hydrogen-bond acceptors (Lipinski definition) is 5. The number of hydrogen-bond donors (Lipinski definition) is 3. The van der Waals surface area contributed by atoms with Crippen LogP contribution in [0.3, 0.4) is 0 Å². The molecule has 0 aliphatic heterocycles. The lowest BCUT2D eigenvalue weighted by Crippen LogP contribution is -2.03. The SMILES string of the molecule is Nc1ccc(NCc2csc(=O)[nH]2)c2cccnc12. The molecule has 2 heterocycles. The van der Waals surface area contributed by atoms with E-state index in [1.165, 1.54) is 0 Å². The number of aromatic nitrogens is 2. The van der Waals surface area contributed by atoms with E-state index in [0.717, 1.165) is 33.6 Å². The summed E-state index contributed by atoms with van der Waals surface area (Å²) in [5.41, 5.74) is 9.15. The first kappa shape index (κ1) is 11.7. The number of nitrogens with two attached hydrogens (primary N) is 1. The van der Waals surface area contributed by atoms with Gasteiger partial charge in [-0.1, -0.05) is 11.3 Å². The van der Waals surface area contributed by atoms with Crippen molar-refractivity contribution in [3.63, 3.8) is 0 Å². The molecule has 0 saturated heterocycles. The Bertz CT molecular complexity index is 777. The smallest absolute Gasteiger partial charge is 0.304 e. The van der Waals surface area contributed by atoms with Crippen LogP contribution in [-0.4, -0.2) is 9.97 Å². The third kappa shape index (κ3) is 2.30. The van der Waals surface area contributed by atoms with Gasteiger partial charge in [-0.3, -0.25) is 9.78 Å². The molecule has 4 N–H and O–H groups in total. The third-order valence-electron chi connectivity index (χ3n) is 2.84. The van der Waals surface area contributed by atoms with Crippen molar-refractivity contribution in [3.8, 4) is 0 Å². The van der Waals surface area contributed by atoms with Crippen LogP contribution >= 0.6 is 11.3 Å². The normalized spacial score (nSPS) is 10.7. The highest BCUT2D eigenvalue weighted by Crippen LogP contribution is 2.26. The van der Waals surface area contributed by atoms with Crippen molar-refractivity contribution in [2.24, 2.45) is 0 Å². The second kappa shape index (κ2) is 4.74. The fourth-order valence-corrected chi connectivity index (χ4v) is 2.52. The van der Waals surface area contributed by atoms with Gasteiger partial charge in [-0.25, -0.2) is 0 Å². The van der Waals surface area contributed by atoms with E-state index >= 15 is 0 Å². The Morgan fingerprint density at radius 1 is 1.37 bits per heavy atom. The zero-order valence-corrected chi connectivity index (χ0v) is 10.8. The van der Waals surface area contributed by atoms with Crippen molar-refractivity contribution in [3.05, 3.63) is 51.2 Å². The van der Waals surface area contributed by atoms with Crippen molar-refractivity contribution < 1.29 is 0 Å². The Labute approximate surface area is 113 Å². The Balaban J connectivity index is 1.93. The summed E-state index contributed by atoms with van der Waals surface area (Å²) >= 11 is 1.16. The molecule has 3 rings (SSSR count). The zero-order valence-electron chi connectivity index (χ0n) is 10.0. The average Bonchev–Trinajstić information content (AvgIpc) is 2.84. The monoisotopic (exact) mass is 272 g/mol. The van der Waals surface area contributed by atoms with Gasteiger partial charge in [0.15, 0.2) is 0 Å². The standard InChI is InChI=1S/C13H12N4OS/c14-10-3-4-11(9-2-1-5-15-12(9)10)16-6-8-7-19-13(18)17-8/h1-5,7,16H,6,14H2,(H,17,18). The van der Waals surface area contributed by atoms with Crippen LogP contribution in [0, 0.1) is 0 Å². The summed E-state index contributed by atoms with van der Waals surface area (Å²) in [7, 11) is 0. The number of nitrogen functional groups attached to an aromatic ring is 1. The number of benzene rings is 1. The maximum absolute atomic E-state index is 11.1. The predicted molar refractivity (Wildman–Crippen MR) is 78.4 cm³/mol. The molecule has 0 radical (unpaired) electrons. The molecule has 0 unspecified atom stereocenters. The lowest BCUT2D eigenvalue weighted by molar-refractivity contribution is 1.06. The van der Waals surface area contributed by atoms with Gasteiger partial charge >= 0.3 is 4.87 Å². The van der Waals surface area contributed by atoms with E-state index in [-0.39, 0.29) is 4.87 Å². The van der Waals surface area contributed by atoms with E-state index in [4.69, 9.17) is 5.73 Å². The van der Waals surface area contributed by atoms with Gasteiger partial charge in [0.05, 0.1) is 17.7 Å². The van der Waals surface area contributed by atoms with Gasteiger partial charge in [-0.2, -0.15) is 0 Å². The molecule has 5 nitrogen and oxygen atoms in total. The summed E-state index contributed by atoms with van der Waals surface area (Å²) in [6.45, 7) is 0.562. The molecule has 96 valence electrons. The Kier molecular flexibility index (Phi) is 2.92. The molecule has 2 aromatic heterocycles. The first-order valence-electron chi connectivity index (χ1n) is 5.78. The number of nitrogens with one attached hydrogen (secondary N) is 2. The van der Waals surface area contributed by atoms with Crippen molar-refractivity contribution >= 4 is 33.6 Å². The molecule has 0 saturated carbocycles. The van der Waals surface area contributed by atoms with Gasteiger partial charge in [0, 0.05) is 28.3 Å². The van der Waals surface area contributed by atoms with Gasteiger partial charge in [0.1, 0.15) is 0 Å². The van der Waals surface area contributed by atoms with E-state index in [1.54, 1.807) is 6.20 Å². The van der Waals surface area contributed by atoms with Gasteiger partial charge in [-0.05, 0) is 24.3 Å². The Hall–Kier alpha value is -2.34. The number of rotatable bonds is 3. The summed E-state index contributed by atoms with van der Waals surface area (Å²) in [5, 5.41) is 6.07. The highest BCUT2D eigenvalue weighted by Gasteiger charge is 2.05. The Morgan fingerprint density at radius 3 is 3.05 bits per heavy atom. The first-order valence-corrected chi connectivity index (χ1v) is 6.66. The average molecular weight is 272 g/mol. The molecule has 6 heteroatoms. The number of aromatic amines is 1. The maximum Gasteiger partial charge on any atom is 0.304 e. The van der Waals surface area contributed by atoms with Crippen molar-refractivity contribution in [2.75, 3.05) is 11.1 Å². The minimum atomic E-state index is -0.0411. The van der Waals surface area contributed by atoms with Gasteiger partial charge in [-0.15, -0.1) is 0 Å². The molecular formula is C13H12N4OS. The van der Waals surface area contributed by atoms with E-state index in [2.05, 4.69) is 15.3 Å². The largest absolute Gasteiger partial charge is 0.397 e. The van der Waals surface area contributed by atoms with Crippen LogP contribution in [0.2, 0.25) is 0 Å². The second-order valence-electron chi connectivity index (χ2n) is 4.13. The van der Waals surface area contributed by atoms with Gasteiger partial charge < -0.3 is 16.0 Å². The molecular weight excluding hydrogens is 260 g/mol. The van der Waals surface area contributed by atoms with Crippen LogP contribution in [0.1, 0.15) is 5.69 Å². The molecule has 1 aromatic carbocycles. The minimum Gasteiger partial charge on any atom is -0.397 e. The van der Waals surface area contributed by atoms with Crippen LogP contribution in [0.4, 0.5) is 11.4 Å². The summed E-state index contributed by atoms with van der Waals surface area (Å²) in [4.78, 5) is 18.1. The summed E-state index contributed by atoms with van der Waals surface area (Å²) in [6, 6.07) is 7.59. The van der Waals surface area contributed by atoms with Crippen LogP contribution in [0.15, 0.2) is 40.6 Å². The van der Waals surface area contributed by atoms with Crippen molar-refractivity contribution in [2.45, 2.75) is 6.54 Å². The minimum absolute atomic E-state index is 0.0411. The van der Waals surface area contributed by atoms with E-state index in [9.17, 15) is 4.79 Å².